The highest BCUT2D eigenvalue weighted by Gasteiger charge is 2.51. The summed E-state index contributed by atoms with van der Waals surface area (Å²) in [6.45, 7) is 11.8. The maximum absolute atomic E-state index is 2.58. The molecule has 13 rings (SSSR count). The fraction of sp³-hybridized carbons (Fsp3) is 0.125. The molecule has 0 aliphatic heterocycles. The average molecular weight is 832 g/mol. The third-order valence-electron chi connectivity index (χ3n) is 15.2. The van der Waals surface area contributed by atoms with Gasteiger partial charge in [-0.2, -0.15) is 0 Å². The smallest absolute Gasteiger partial charge is 0.0725 e. The first-order valence-electron chi connectivity index (χ1n) is 23.2. The Morgan fingerprint density at radius 3 is 1.54 bits per heavy atom. The van der Waals surface area contributed by atoms with Crippen molar-refractivity contribution in [2.75, 3.05) is 4.90 Å². The van der Waals surface area contributed by atoms with Crippen LogP contribution in [0.3, 0.4) is 0 Å². The fourth-order valence-electron chi connectivity index (χ4n) is 12.4. The third-order valence-corrected chi connectivity index (χ3v) is 15.2. The molecule has 0 saturated carbocycles. The van der Waals surface area contributed by atoms with E-state index in [9.17, 15) is 0 Å². The highest BCUT2D eigenvalue weighted by atomic mass is 15.1. The summed E-state index contributed by atoms with van der Waals surface area (Å²) in [7, 11) is 0. The molecule has 0 heterocycles. The molecule has 0 atom stereocenters. The second-order valence-corrected chi connectivity index (χ2v) is 20.0. The zero-order chi connectivity index (χ0) is 43.8. The lowest BCUT2D eigenvalue weighted by Gasteiger charge is -2.33. The van der Waals surface area contributed by atoms with E-state index in [4.69, 9.17) is 0 Å². The van der Waals surface area contributed by atoms with Gasteiger partial charge in [0.05, 0.1) is 16.8 Å². The molecule has 0 aromatic heterocycles. The van der Waals surface area contributed by atoms with Gasteiger partial charge in [0, 0.05) is 22.1 Å². The van der Waals surface area contributed by atoms with Gasteiger partial charge < -0.3 is 4.90 Å². The molecule has 310 valence electrons. The molecule has 0 radical (unpaired) electrons. The molecule has 3 aliphatic rings. The first-order valence-corrected chi connectivity index (χ1v) is 23.2. The number of hydrogen-bond donors (Lipinski definition) is 0. The zero-order valence-corrected chi connectivity index (χ0v) is 37.6. The Morgan fingerprint density at radius 2 is 0.877 bits per heavy atom. The van der Waals surface area contributed by atoms with Crippen molar-refractivity contribution in [2.45, 2.75) is 50.9 Å². The monoisotopic (exact) mass is 831 g/mol. The summed E-state index contributed by atoms with van der Waals surface area (Å²) in [6.07, 6.45) is 0. The van der Waals surface area contributed by atoms with E-state index in [0.717, 1.165) is 17.1 Å². The predicted molar refractivity (Wildman–Crippen MR) is 274 cm³/mol. The molecule has 1 spiro atoms. The summed E-state index contributed by atoms with van der Waals surface area (Å²) >= 11 is 0. The summed E-state index contributed by atoms with van der Waals surface area (Å²) < 4.78 is 0. The summed E-state index contributed by atoms with van der Waals surface area (Å²) in [4.78, 5) is 2.58. The molecule has 0 unspecified atom stereocenters. The molecule has 0 fully saturated rings. The van der Waals surface area contributed by atoms with Crippen LogP contribution in [-0.2, 0) is 16.2 Å². The minimum absolute atomic E-state index is 0.0364. The molecule has 65 heavy (non-hydrogen) atoms. The van der Waals surface area contributed by atoms with Crippen molar-refractivity contribution in [3.63, 3.8) is 0 Å². The Kier molecular flexibility index (Phi) is 7.91. The van der Waals surface area contributed by atoms with Crippen LogP contribution in [0.5, 0.6) is 0 Å². The van der Waals surface area contributed by atoms with Gasteiger partial charge >= 0.3 is 0 Å². The Morgan fingerprint density at radius 1 is 0.369 bits per heavy atom. The average Bonchev–Trinajstić information content (AvgIpc) is 3.89. The van der Waals surface area contributed by atoms with Gasteiger partial charge in [-0.3, -0.25) is 0 Å². The van der Waals surface area contributed by atoms with Gasteiger partial charge in [-0.25, -0.2) is 0 Å². The van der Waals surface area contributed by atoms with Crippen molar-refractivity contribution < 1.29 is 0 Å². The fourth-order valence-corrected chi connectivity index (χ4v) is 12.4. The van der Waals surface area contributed by atoms with E-state index >= 15 is 0 Å². The summed E-state index contributed by atoms with van der Waals surface area (Å²) in [6, 6.07) is 78.4. The molecule has 3 aliphatic carbocycles. The lowest BCUT2D eigenvalue weighted by molar-refractivity contribution is 0.596. The van der Waals surface area contributed by atoms with Gasteiger partial charge in [-0.05, 0) is 130 Å². The highest BCUT2D eigenvalue weighted by Crippen LogP contribution is 2.63. The normalized spacial score (nSPS) is 14.5. The van der Waals surface area contributed by atoms with Gasteiger partial charge in [-0.15, -0.1) is 0 Å². The number of benzene rings is 10. The molecule has 1 heteroatoms. The zero-order valence-electron chi connectivity index (χ0n) is 37.6. The van der Waals surface area contributed by atoms with Gasteiger partial charge in [0.1, 0.15) is 0 Å². The van der Waals surface area contributed by atoms with E-state index in [2.05, 4.69) is 246 Å². The van der Waals surface area contributed by atoms with Crippen LogP contribution in [0.4, 0.5) is 17.1 Å². The molecule has 10 aromatic rings. The van der Waals surface area contributed by atoms with Crippen LogP contribution in [0.15, 0.2) is 206 Å². The maximum atomic E-state index is 2.58. The van der Waals surface area contributed by atoms with Crippen molar-refractivity contribution >= 4 is 38.6 Å². The minimum atomic E-state index is -0.410. The molecular weight excluding hydrogens is 783 g/mol. The number of nitrogens with zero attached hydrogens (tertiary/aromatic N) is 1. The molecule has 1 nitrogen and oxygen atoms in total. The van der Waals surface area contributed by atoms with Crippen molar-refractivity contribution in [2.24, 2.45) is 0 Å². The lowest BCUT2D eigenvalue weighted by Crippen LogP contribution is -2.25. The Labute approximate surface area is 382 Å². The van der Waals surface area contributed by atoms with Crippen LogP contribution in [0.1, 0.15) is 73.6 Å². The lowest BCUT2D eigenvalue weighted by atomic mass is 9.70. The molecule has 0 bridgehead atoms. The van der Waals surface area contributed by atoms with Crippen LogP contribution in [0, 0.1) is 0 Å². The summed E-state index contributed by atoms with van der Waals surface area (Å²) in [5.74, 6) is 0. The van der Waals surface area contributed by atoms with Crippen LogP contribution < -0.4 is 4.90 Å². The molecule has 0 amide bonds. The van der Waals surface area contributed by atoms with Gasteiger partial charge in [0.25, 0.3) is 0 Å². The van der Waals surface area contributed by atoms with Crippen LogP contribution >= 0.6 is 0 Å². The van der Waals surface area contributed by atoms with E-state index in [-0.39, 0.29) is 10.8 Å². The first-order chi connectivity index (χ1) is 31.7. The first kappa shape index (κ1) is 38.0. The quantitative estimate of drug-likeness (QED) is 0.171. The van der Waals surface area contributed by atoms with Crippen LogP contribution in [0.2, 0.25) is 0 Å². The molecule has 0 N–H and O–H groups in total. The highest BCUT2D eigenvalue weighted by molar-refractivity contribution is 6.09. The van der Waals surface area contributed by atoms with Crippen LogP contribution in [-0.4, -0.2) is 0 Å². The number of rotatable bonds is 4. The van der Waals surface area contributed by atoms with Gasteiger partial charge in [0.15, 0.2) is 0 Å². The van der Waals surface area contributed by atoms with Crippen LogP contribution in [0.25, 0.3) is 66.1 Å². The van der Waals surface area contributed by atoms with Gasteiger partial charge in [-0.1, -0.05) is 211 Å². The summed E-state index contributed by atoms with van der Waals surface area (Å²) in [5.41, 5.74) is 22.7. The predicted octanol–water partition coefficient (Wildman–Crippen LogP) is 17.1. The van der Waals surface area contributed by atoms with E-state index in [1.165, 1.54) is 105 Å². The van der Waals surface area contributed by atoms with Crippen molar-refractivity contribution in [1.82, 2.24) is 0 Å². The van der Waals surface area contributed by atoms with Crippen molar-refractivity contribution in [3.8, 4) is 44.5 Å². The minimum Gasteiger partial charge on any atom is -0.309 e. The Balaban J connectivity index is 1.11. The van der Waals surface area contributed by atoms with E-state index in [1.807, 2.05) is 0 Å². The topological polar surface area (TPSA) is 3.24 Å². The number of anilines is 3. The van der Waals surface area contributed by atoms with E-state index in [1.54, 1.807) is 0 Å². The second kappa shape index (κ2) is 13.5. The summed E-state index contributed by atoms with van der Waals surface area (Å²) in [5, 5.41) is 4.99. The largest absolute Gasteiger partial charge is 0.309 e. The Bertz CT molecular complexity index is 3590. The second-order valence-electron chi connectivity index (χ2n) is 20.0. The molecule has 10 aromatic carbocycles. The van der Waals surface area contributed by atoms with Crippen molar-refractivity contribution in [1.29, 1.82) is 0 Å². The standard InChI is InChI=1S/C64H49N/c1-62(2,3)52-35-37-59(50-25-9-8-23-47(50)52)65(60-36-31-40-18-6-7-19-43(40)61(60)41-30-33-49-44-20-10-14-26-53(44)63(4,5)58(49)38-41)42-32-34-57-51(39-42)48-24-13-17-29-56(48)64(57)54-27-15-11-21-45(54)46-22-12-16-28-55(46)64/h6-39H,1-5H3. The van der Waals surface area contributed by atoms with E-state index in [0.29, 0.717) is 0 Å². The number of hydrogen-bond acceptors (Lipinski definition) is 1. The molecule has 0 saturated heterocycles. The van der Waals surface area contributed by atoms with E-state index < -0.39 is 5.41 Å². The van der Waals surface area contributed by atoms with Crippen molar-refractivity contribution in [3.05, 3.63) is 245 Å². The number of fused-ring (bicyclic) bond motifs is 15. The molecular formula is C64H49N. The third kappa shape index (κ3) is 5.16. The maximum Gasteiger partial charge on any atom is 0.0725 e. The SMILES string of the molecule is CC(C)(C)c1ccc(N(c2ccc3c(c2)-c2ccccc2C32c3ccccc3-c3ccccc32)c2ccc3ccccc3c2-c2ccc3c(c2)C(C)(C)c2ccccc2-3)c2ccccc12. The Hall–Kier alpha value is -7.48. The van der Waals surface area contributed by atoms with Gasteiger partial charge in [0.2, 0.25) is 0 Å².